The first-order valence-electron chi connectivity index (χ1n) is 9.14. The number of aromatic amines is 2. The molecule has 0 aliphatic heterocycles. The van der Waals surface area contributed by atoms with Gasteiger partial charge >= 0.3 is 0 Å². The molecule has 9 heteroatoms. The van der Waals surface area contributed by atoms with Gasteiger partial charge in [0.25, 0.3) is 11.5 Å². The normalized spacial score (nSPS) is 10.7. The predicted molar refractivity (Wildman–Crippen MR) is 115 cm³/mol. The molecular weight excluding hydrogens is 400 g/mol. The zero-order valence-electron chi connectivity index (χ0n) is 16.0. The largest absolute Gasteiger partial charge is 0.322 e. The standard InChI is InChI=1S/C21H18N6O2S/c1-13-9-18(28)26-19(24-13)16-3-2-4-17(10-16)25-20(29)15-7-5-14(6-8-15)11-30-21-22-12-23-27-21/h2-10,12H,11H2,1H3,(H,25,29)(H,22,23,27)(H,24,26,28). The van der Waals surface area contributed by atoms with E-state index in [1.807, 2.05) is 18.2 Å². The van der Waals surface area contributed by atoms with Gasteiger partial charge in [0.2, 0.25) is 0 Å². The Morgan fingerprint density at radius 3 is 2.70 bits per heavy atom. The third kappa shape index (κ3) is 4.81. The SMILES string of the molecule is Cc1cc(=O)[nH]c(-c2cccc(NC(=O)c3ccc(CSc4ncn[nH]4)cc3)c2)n1. The van der Waals surface area contributed by atoms with Crippen molar-refractivity contribution in [2.75, 3.05) is 5.32 Å². The number of rotatable bonds is 6. The lowest BCUT2D eigenvalue weighted by Gasteiger charge is -2.08. The molecule has 0 aliphatic rings. The van der Waals surface area contributed by atoms with E-state index >= 15 is 0 Å². The van der Waals surface area contributed by atoms with Crippen LogP contribution in [-0.4, -0.2) is 31.1 Å². The summed E-state index contributed by atoms with van der Waals surface area (Å²) in [5, 5.41) is 10.3. The summed E-state index contributed by atoms with van der Waals surface area (Å²) >= 11 is 1.54. The molecule has 4 rings (SSSR count). The number of hydrogen-bond acceptors (Lipinski definition) is 6. The molecule has 4 aromatic rings. The van der Waals surface area contributed by atoms with Crippen LogP contribution in [0.5, 0.6) is 0 Å². The van der Waals surface area contributed by atoms with E-state index in [1.54, 1.807) is 37.3 Å². The van der Waals surface area contributed by atoms with Gasteiger partial charge in [-0.05, 0) is 36.8 Å². The molecule has 30 heavy (non-hydrogen) atoms. The molecular formula is C21H18N6O2S. The number of nitrogens with one attached hydrogen (secondary N) is 3. The molecule has 2 aromatic carbocycles. The summed E-state index contributed by atoms with van der Waals surface area (Å²) in [5.74, 6) is 0.970. The summed E-state index contributed by atoms with van der Waals surface area (Å²) in [6, 6.07) is 16.0. The van der Waals surface area contributed by atoms with E-state index in [2.05, 4.69) is 30.5 Å². The van der Waals surface area contributed by atoms with Crippen LogP contribution in [0.25, 0.3) is 11.4 Å². The molecule has 0 saturated carbocycles. The minimum absolute atomic E-state index is 0.214. The maximum Gasteiger partial charge on any atom is 0.255 e. The van der Waals surface area contributed by atoms with Gasteiger partial charge in [0, 0.05) is 34.3 Å². The van der Waals surface area contributed by atoms with Crippen molar-refractivity contribution in [3.05, 3.63) is 88.1 Å². The van der Waals surface area contributed by atoms with Crippen molar-refractivity contribution in [3.8, 4) is 11.4 Å². The maximum absolute atomic E-state index is 12.6. The second-order valence-corrected chi connectivity index (χ2v) is 7.51. The van der Waals surface area contributed by atoms with Gasteiger partial charge in [-0.25, -0.2) is 9.97 Å². The molecule has 1 amide bonds. The van der Waals surface area contributed by atoms with Crippen molar-refractivity contribution in [2.45, 2.75) is 17.8 Å². The Kier molecular flexibility index (Phi) is 5.71. The van der Waals surface area contributed by atoms with E-state index in [0.717, 1.165) is 16.5 Å². The number of hydrogen-bond donors (Lipinski definition) is 3. The van der Waals surface area contributed by atoms with Crippen LogP contribution in [0.2, 0.25) is 0 Å². The number of carbonyl (C=O) groups excluding carboxylic acids is 1. The number of anilines is 1. The molecule has 0 radical (unpaired) electrons. The van der Waals surface area contributed by atoms with E-state index in [0.29, 0.717) is 28.3 Å². The lowest BCUT2D eigenvalue weighted by atomic mass is 10.1. The second-order valence-electron chi connectivity index (χ2n) is 6.55. The molecule has 0 fully saturated rings. The van der Waals surface area contributed by atoms with Crippen molar-refractivity contribution in [3.63, 3.8) is 0 Å². The number of aryl methyl sites for hydroxylation is 1. The van der Waals surface area contributed by atoms with Crippen LogP contribution in [0, 0.1) is 6.92 Å². The van der Waals surface area contributed by atoms with Gasteiger partial charge in [-0.2, -0.15) is 5.10 Å². The molecule has 0 atom stereocenters. The number of carbonyl (C=O) groups is 1. The fraction of sp³-hybridized carbons (Fsp3) is 0.0952. The van der Waals surface area contributed by atoms with Crippen molar-refractivity contribution in [1.29, 1.82) is 0 Å². The van der Waals surface area contributed by atoms with Crippen molar-refractivity contribution < 1.29 is 4.79 Å². The van der Waals surface area contributed by atoms with Gasteiger partial charge in [-0.3, -0.25) is 14.7 Å². The third-order valence-corrected chi connectivity index (χ3v) is 5.20. The fourth-order valence-corrected chi connectivity index (χ4v) is 3.57. The van der Waals surface area contributed by atoms with Crippen LogP contribution in [0.15, 0.2) is 70.9 Å². The first kappa shape index (κ1) is 19.6. The maximum atomic E-state index is 12.6. The average Bonchev–Trinajstić information content (AvgIpc) is 3.26. The first-order chi connectivity index (χ1) is 14.6. The number of thioether (sulfide) groups is 1. The van der Waals surface area contributed by atoms with E-state index in [-0.39, 0.29) is 11.5 Å². The number of benzene rings is 2. The molecule has 150 valence electrons. The molecule has 3 N–H and O–H groups in total. The van der Waals surface area contributed by atoms with Crippen LogP contribution >= 0.6 is 11.8 Å². The van der Waals surface area contributed by atoms with Gasteiger partial charge in [-0.15, -0.1) is 0 Å². The van der Waals surface area contributed by atoms with Crippen LogP contribution in [0.3, 0.4) is 0 Å². The molecule has 2 heterocycles. The molecule has 0 bridgehead atoms. The highest BCUT2D eigenvalue weighted by Crippen LogP contribution is 2.21. The monoisotopic (exact) mass is 418 g/mol. The van der Waals surface area contributed by atoms with Crippen LogP contribution < -0.4 is 10.9 Å². The molecule has 0 unspecified atom stereocenters. The van der Waals surface area contributed by atoms with Gasteiger partial charge in [0.15, 0.2) is 5.16 Å². The summed E-state index contributed by atoms with van der Waals surface area (Å²) in [7, 11) is 0. The van der Waals surface area contributed by atoms with Gasteiger partial charge in [0.05, 0.1) is 0 Å². The van der Waals surface area contributed by atoms with Crippen LogP contribution in [0.1, 0.15) is 21.6 Å². The lowest BCUT2D eigenvalue weighted by Crippen LogP contribution is -2.12. The van der Waals surface area contributed by atoms with Gasteiger partial charge in [-0.1, -0.05) is 36.0 Å². The van der Waals surface area contributed by atoms with Crippen molar-refractivity contribution in [2.24, 2.45) is 0 Å². The zero-order chi connectivity index (χ0) is 20.9. The Morgan fingerprint density at radius 1 is 1.13 bits per heavy atom. The van der Waals surface area contributed by atoms with Crippen molar-refractivity contribution in [1.82, 2.24) is 25.1 Å². The summed E-state index contributed by atoms with van der Waals surface area (Å²) in [4.78, 5) is 35.4. The van der Waals surface area contributed by atoms with E-state index < -0.39 is 0 Å². The summed E-state index contributed by atoms with van der Waals surface area (Å²) in [5.41, 5.74) is 3.37. The van der Waals surface area contributed by atoms with E-state index in [1.165, 1.54) is 24.2 Å². The highest BCUT2D eigenvalue weighted by molar-refractivity contribution is 7.98. The number of nitrogens with zero attached hydrogens (tertiary/aromatic N) is 3. The summed E-state index contributed by atoms with van der Waals surface area (Å²) < 4.78 is 0. The quantitative estimate of drug-likeness (QED) is 0.413. The smallest absolute Gasteiger partial charge is 0.255 e. The summed E-state index contributed by atoms with van der Waals surface area (Å²) in [6.45, 7) is 1.76. The number of aromatic nitrogens is 5. The zero-order valence-corrected chi connectivity index (χ0v) is 16.9. The topological polar surface area (TPSA) is 116 Å². The third-order valence-electron chi connectivity index (χ3n) is 4.25. The van der Waals surface area contributed by atoms with Crippen molar-refractivity contribution >= 4 is 23.4 Å². The lowest BCUT2D eigenvalue weighted by molar-refractivity contribution is 0.102. The number of amides is 1. The molecule has 8 nitrogen and oxygen atoms in total. The predicted octanol–water partition coefficient (Wildman–Crippen LogP) is 3.41. The Bertz CT molecular complexity index is 1220. The Morgan fingerprint density at radius 2 is 1.97 bits per heavy atom. The fourth-order valence-electron chi connectivity index (χ4n) is 2.83. The minimum atomic E-state index is -0.215. The molecule has 0 aliphatic carbocycles. The first-order valence-corrected chi connectivity index (χ1v) is 10.1. The summed E-state index contributed by atoms with van der Waals surface area (Å²) in [6.07, 6.45) is 1.47. The van der Waals surface area contributed by atoms with Gasteiger partial charge in [0.1, 0.15) is 12.2 Å². The Balaban J connectivity index is 1.44. The van der Waals surface area contributed by atoms with E-state index in [4.69, 9.17) is 0 Å². The highest BCUT2D eigenvalue weighted by atomic mass is 32.2. The Labute approximate surface area is 176 Å². The minimum Gasteiger partial charge on any atom is -0.322 e. The van der Waals surface area contributed by atoms with Crippen LogP contribution in [-0.2, 0) is 5.75 Å². The second kappa shape index (κ2) is 8.75. The number of H-pyrrole nitrogens is 2. The average molecular weight is 418 g/mol. The van der Waals surface area contributed by atoms with E-state index in [9.17, 15) is 9.59 Å². The van der Waals surface area contributed by atoms with Crippen LogP contribution in [0.4, 0.5) is 5.69 Å². The molecule has 2 aromatic heterocycles. The Hall–Kier alpha value is -3.72. The molecule has 0 saturated heterocycles. The van der Waals surface area contributed by atoms with Gasteiger partial charge < -0.3 is 10.3 Å². The molecule has 0 spiro atoms. The highest BCUT2D eigenvalue weighted by Gasteiger charge is 2.09.